The maximum Gasteiger partial charge on any atom is 0.412 e. The van der Waals surface area contributed by atoms with Crippen molar-refractivity contribution in [3.05, 3.63) is 51.3 Å². The molecule has 3 fully saturated rings. The molecule has 1 amide bonds. The van der Waals surface area contributed by atoms with Gasteiger partial charge in [-0.1, -0.05) is 32.2 Å². The fraction of sp³-hybridized carbons (Fsp3) is 0.455. The normalized spacial score (nSPS) is 19.2. The van der Waals surface area contributed by atoms with Crippen LogP contribution in [-0.2, 0) is 19.0 Å². The van der Waals surface area contributed by atoms with E-state index in [1.165, 1.54) is 29.6 Å². The van der Waals surface area contributed by atoms with Gasteiger partial charge in [0.2, 0.25) is 6.29 Å². The highest BCUT2D eigenvalue weighted by molar-refractivity contribution is 8.03. The van der Waals surface area contributed by atoms with Crippen LogP contribution in [0.5, 0.6) is 6.01 Å². The Morgan fingerprint density at radius 1 is 1.12 bits per heavy atom. The first-order chi connectivity index (χ1) is 23.8. The van der Waals surface area contributed by atoms with E-state index in [9.17, 15) is 24.0 Å². The van der Waals surface area contributed by atoms with E-state index in [1.54, 1.807) is 13.8 Å². The SMILES string of the molecule is C=C(N)Sc1c(F)ccc(-c2c(F)c3nc(OC)nc(N4C5COCC4CN(C(=O)OC(C)OC(=O)C(C)C)C5)c3c(=O)n2C2CC2)c1C#N. The lowest BCUT2D eigenvalue weighted by Crippen LogP contribution is -2.66. The molecule has 3 atom stereocenters. The van der Waals surface area contributed by atoms with E-state index in [1.807, 2.05) is 11.0 Å². The van der Waals surface area contributed by atoms with E-state index in [2.05, 4.69) is 16.5 Å². The molecule has 2 aromatic heterocycles. The van der Waals surface area contributed by atoms with Gasteiger partial charge in [0, 0.05) is 31.6 Å². The molecule has 1 saturated carbocycles. The van der Waals surface area contributed by atoms with Crippen LogP contribution in [0.15, 0.2) is 33.4 Å². The maximum atomic E-state index is 17.1. The van der Waals surface area contributed by atoms with Gasteiger partial charge < -0.3 is 39.0 Å². The number of ether oxygens (including phenoxy) is 4. The van der Waals surface area contributed by atoms with Crippen molar-refractivity contribution in [2.75, 3.05) is 38.3 Å². The molecule has 6 rings (SSSR count). The number of piperazine rings is 1. The number of anilines is 1. The summed E-state index contributed by atoms with van der Waals surface area (Å²) in [5, 5.41) is 10.0. The maximum absolute atomic E-state index is 17.1. The predicted molar refractivity (Wildman–Crippen MR) is 177 cm³/mol. The van der Waals surface area contributed by atoms with Crippen molar-refractivity contribution in [1.29, 1.82) is 5.26 Å². The minimum atomic E-state index is -1.12. The first-order valence-corrected chi connectivity index (χ1v) is 16.7. The summed E-state index contributed by atoms with van der Waals surface area (Å²) in [5.41, 5.74) is 4.33. The van der Waals surface area contributed by atoms with Crippen molar-refractivity contribution < 1.29 is 37.3 Å². The van der Waals surface area contributed by atoms with Crippen LogP contribution in [-0.4, -0.2) is 83.3 Å². The fourth-order valence-corrected chi connectivity index (χ4v) is 6.91. The zero-order valence-electron chi connectivity index (χ0n) is 27.8. The summed E-state index contributed by atoms with van der Waals surface area (Å²) >= 11 is 0.727. The Hall–Kier alpha value is -4.95. The van der Waals surface area contributed by atoms with Crippen molar-refractivity contribution >= 4 is 40.5 Å². The number of nitriles is 1. The number of nitrogens with zero attached hydrogens (tertiary/aromatic N) is 6. The van der Waals surface area contributed by atoms with Crippen molar-refractivity contribution in [2.45, 2.75) is 62.9 Å². The molecule has 4 heterocycles. The number of pyridine rings is 1. The number of nitrogens with two attached hydrogens (primary N) is 1. The molecule has 3 aromatic rings. The summed E-state index contributed by atoms with van der Waals surface area (Å²) in [5.74, 6) is -2.50. The zero-order valence-corrected chi connectivity index (χ0v) is 28.6. The number of carbonyl (C=O) groups is 2. The molecule has 1 aliphatic carbocycles. The lowest BCUT2D eigenvalue weighted by atomic mass is 10.0. The van der Waals surface area contributed by atoms with Crippen LogP contribution in [0.25, 0.3) is 22.2 Å². The second kappa shape index (κ2) is 13.8. The molecule has 2 aliphatic heterocycles. The van der Waals surface area contributed by atoms with Crippen LogP contribution in [0.3, 0.4) is 0 Å². The summed E-state index contributed by atoms with van der Waals surface area (Å²) in [6.07, 6.45) is -0.685. The fourth-order valence-electron chi connectivity index (χ4n) is 6.23. The highest BCUT2D eigenvalue weighted by atomic mass is 32.2. The number of thioether (sulfide) groups is 1. The van der Waals surface area contributed by atoms with Crippen LogP contribution in [0.2, 0.25) is 0 Å². The Kier molecular flexibility index (Phi) is 9.60. The van der Waals surface area contributed by atoms with Crippen molar-refractivity contribution in [1.82, 2.24) is 19.4 Å². The van der Waals surface area contributed by atoms with Gasteiger partial charge in [0.1, 0.15) is 28.6 Å². The van der Waals surface area contributed by atoms with Crippen LogP contribution >= 0.6 is 11.8 Å². The molecular formula is C33H35F2N7O7S. The molecule has 3 aliphatic rings. The number of methoxy groups -OCH3 is 1. The third kappa shape index (κ3) is 6.40. The molecule has 0 spiro atoms. The highest BCUT2D eigenvalue weighted by Crippen LogP contribution is 2.43. The minimum absolute atomic E-state index is 0.00845. The number of halogens is 2. The van der Waals surface area contributed by atoms with Gasteiger partial charge in [-0.3, -0.25) is 9.59 Å². The predicted octanol–water partition coefficient (Wildman–Crippen LogP) is 4.05. The van der Waals surface area contributed by atoms with Gasteiger partial charge in [0.15, 0.2) is 5.82 Å². The van der Waals surface area contributed by atoms with Crippen LogP contribution in [0, 0.1) is 28.9 Å². The lowest BCUT2D eigenvalue weighted by molar-refractivity contribution is -0.170. The molecule has 264 valence electrons. The molecule has 3 unspecified atom stereocenters. The minimum Gasteiger partial charge on any atom is -0.467 e. The second-order valence-electron chi connectivity index (χ2n) is 12.5. The van der Waals surface area contributed by atoms with E-state index >= 15 is 4.39 Å². The number of hydrogen-bond acceptors (Lipinski definition) is 13. The van der Waals surface area contributed by atoms with Crippen LogP contribution in [0.1, 0.15) is 45.2 Å². The van der Waals surface area contributed by atoms with Gasteiger partial charge in [-0.05, 0) is 25.0 Å². The van der Waals surface area contributed by atoms with E-state index < -0.39 is 59.6 Å². The van der Waals surface area contributed by atoms with E-state index in [-0.39, 0.29) is 75.8 Å². The third-order valence-electron chi connectivity index (χ3n) is 8.56. The zero-order chi connectivity index (χ0) is 36.0. The first-order valence-electron chi connectivity index (χ1n) is 15.9. The summed E-state index contributed by atoms with van der Waals surface area (Å²) in [4.78, 5) is 51.7. The average molecular weight is 712 g/mol. The van der Waals surface area contributed by atoms with E-state index in [4.69, 9.17) is 24.7 Å². The van der Waals surface area contributed by atoms with Crippen LogP contribution in [0.4, 0.5) is 19.4 Å². The molecule has 0 radical (unpaired) electrons. The van der Waals surface area contributed by atoms with Gasteiger partial charge in [-0.25, -0.2) is 13.6 Å². The Morgan fingerprint density at radius 2 is 1.80 bits per heavy atom. The molecule has 2 saturated heterocycles. The van der Waals surface area contributed by atoms with Gasteiger partial charge >= 0.3 is 18.1 Å². The standard InChI is InChI=1S/C33H35F2N7O7S/c1-15(2)31(44)48-17(4)49-33(45)40-11-19-13-47-14-20(12-40)41(19)29-24-26(38-32(39-29)46-5)25(35)27(42(30(24)43)18-6-7-18)21-8-9-23(34)28(22(21)10-36)50-16(3)37/h8-9,15,17-20H,3,6-7,11-14,37H2,1-2,4-5H3. The largest absolute Gasteiger partial charge is 0.467 e. The highest BCUT2D eigenvalue weighted by Gasteiger charge is 2.44. The number of morpholine rings is 1. The number of hydrogen-bond donors (Lipinski definition) is 1. The molecular weight excluding hydrogens is 676 g/mol. The van der Waals surface area contributed by atoms with Gasteiger partial charge in [0.25, 0.3) is 5.56 Å². The molecule has 14 nitrogen and oxygen atoms in total. The van der Waals surface area contributed by atoms with Crippen molar-refractivity contribution in [2.24, 2.45) is 11.7 Å². The number of esters is 1. The van der Waals surface area contributed by atoms with Crippen molar-refractivity contribution in [3.63, 3.8) is 0 Å². The Balaban J connectivity index is 1.46. The van der Waals surface area contributed by atoms with Crippen LogP contribution < -0.4 is 20.9 Å². The number of fused-ring (bicyclic) bond motifs is 3. The number of benzene rings is 1. The summed E-state index contributed by atoms with van der Waals surface area (Å²) in [6, 6.07) is 2.58. The molecule has 2 bridgehead atoms. The van der Waals surface area contributed by atoms with E-state index in [0.717, 1.165) is 17.8 Å². The van der Waals surface area contributed by atoms with Crippen molar-refractivity contribution in [3.8, 4) is 23.3 Å². The lowest BCUT2D eigenvalue weighted by Gasteiger charge is -2.50. The first kappa shape index (κ1) is 34.9. The van der Waals surface area contributed by atoms with Gasteiger partial charge in [-0.15, -0.1) is 0 Å². The number of aromatic nitrogens is 3. The number of carbonyl (C=O) groups excluding carboxylic acids is 2. The third-order valence-corrected chi connectivity index (χ3v) is 9.42. The number of amides is 1. The molecule has 17 heteroatoms. The second-order valence-corrected chi connectivity index (χ2v) is 13.6. The Morgan fingerprint density at radius 3 is 2.38 bits per heavy atom. The molecule has 1 aromatic carbocycles. The smallest absolute Gasteiger partial charge is 0.412 e. The topological polar surface area (TPSA) is 175 Å². The summed E-state index contributed by atoms with van der Waals surface area (Å²) in [7, 11) is 1.30. The average Bonchev–Trinajstić information content (AvgIpc) is 3.91. The van der Waals surface area contributed by atoms with E-state index in [0.29, 0.717) is 12.8 Å². The Bertz CT molecular complexity index is 1980. The molecule has 50 heavy (non-hydrogen) atoms. The summed E-state index contributed by atoms with van der Waals surface area (Å²) < 4.78 is 55.1. The van der Waals surface area contributed by atoms with Gasteiger partial charge in [0.05, 0.1) is 59.5 Å². The van der Waals surface area contributed by atoms with Gasteiger partial charge in [-0.2, -0.15) is 15.2 Å². The monoisotopic (exact) mass is 711 g/mol. The number of rotatable bonds is 9. The summed E-state index contributed by atoms with van der Waals surface area (Å²) in [6.45, 7) is 8.80. The molecule has 2 N–H and O–H groups in total. The Labute approximate surface area is 289 Å². The quantitative estimate of drug-likeness (QED) is 0.191.